The average Bonchev–Trinajstić information content (AvgIpc) is 3.20. The molecule has 1 amide bonds. The highest BCUT2D eigenvalue weighted by Crippen LogP contribution is 2.21. The molecule has 4 rings (SSSR count). The summed E-state index contributed by atoms with van der Waals surface area (Å²) in [6.45, 7) is 1.65. The van der Waals surface area contributed by atoms with Crippen molar-refractivity contribution in [2.75, 3.05) is 19.6 Å². The van der Waals surface area contributed by atoms with Crippen molar-refractivity contribution in [1.82, 2.24) is 19.6 Å². The van der Waals surface area contributed by atoms with E-state index < -0.39 is 10.0 Å². The number of sulfonamides is 1. The fourth-order valence-corrected chi connectivity index (χ4v) is 5.23. The molecule has 0 bridgehead atoms. The predicted molar refractivity (Wildman–Crippen MR) is 116 cm³/mol. The van der Waals surface area contributed by atoms with Crippen LogP contribution in [0.1, 0.15) is 41.9 Å². The highest BCUT2D eigenvalue weighted by atomic mass is 32.2. The molecule has 2 heterocycles. The molecule has 0 atom stereocenters. The summed E-state index contributed by atoms with van der Waals surface area (Å²) in [5.74, 6) is 0.694. The molecule has 1 aromatic heterocycles. The number of aryl methyl sites for hydroxylation is 1. The van der Waals surface area contributed by atoms with E-state index in [1.807, 2.05) is 24.3 Å². The number of para-hydroxylation sites is 2. The van der Waals surface area contributed by atoms with Gasteiger partial charge in [0, 0.05) is 31.6 Å². The lowest BCUT2D eigenvalue weighted by Gasteiger charge is -2.25. The van der Waals surface area contributed by atoms with Crippen LogP contribution in [0.4, 0.5) is 0 Å². The Morgan fingerprint density at radius 2 is 1.77 bits per heavy atom. The molecule has 0 radical (unpaired) electrons. The Hall–Kier alpha value is -2.71. The monoisotopic (exact) mass is 426 g/mol. The first-order valence-corrected chi connectivity index (χ1v) is 11.8. The van der Waals surface area contributed by atoms with Gasteiger partial charge in [-0.25, -0.2) is 13.4 Å². The number of fused-ring (bicyclic) bond motifs is 1. The molecular formula is C22H26N4O3S. The SMILES string of the molecule is O=C(NCCCc1nc2ccccc2[nH]1)c1ccc(S(=O)(=O)N2CCCCC2)cc1. The average molecular weight is 427 g/mol. The van der Waals surface area contributed by atoms with E-state index in [4.69, 9.17) is 0 Å². The highest BCUT2D eigenvalue weighted by molar-refractivity contribution is 7.89. The van der Waals surface area contributed by atoms with E-state index >= 15 is 0 Å². The molecule has 30 heavy (non-hydrogen) atoms. The van der Waals surface area contributed by atoms with Crippen LogP contribution in [0.5, 0.6) is 0 Å². The maximum atomic E-state index is 12.7. The van der Waals surface area contributed by atoms with E-state index in [0.717, 1.165) is 49.0 Å². The number of amides is 1. The first-order valence-electron chi connectivity index (χ1n) is 10.4. The Labute approximate surface area is 176 Å². The van der Waals surface area contributed by atoms with Crippen molar-refractivity contribution in [2.45, 2.75) is 37.0 Å². The number of rotatable bonds is 7. The van der Waals surface area contributed by atoms with Gasteiger partial charge in [0.25, 0.3) is 5.91 Å². The number of aromatic amines is 1. The van der Waals surface area contributed by atoms with Gasteiger partial charge in [-0.3, -0.25) is 4.79 Å². The summed E-state index contributed by atoms with van der Waals surface area (Å²) in [7, 11) is -3.48. The Balaban J connectivity index is 1.29. The topological polar surface area (TPSA) is 95.2 Å². The molecule has 0 unspecified atom stereocenters. The first kappa shape index (κ1) is 20.6. The maximum Gasteiger partial charge on any atom is 0.251 e. The minimum atomic E-state index is -3.48. The number of carbonyl (C=O) groups excluding carboxylic acids is 1. The standard InChI is InChI=1S/C22H26N4O3S/c27-22(23-14-6-9-21-24-19-7-2-3-8-20(19)25-21)17-10-12-18(13-11-17)30(28,29)26-15-4-1-5-16-26/h2-3,7-8,10-13H,1,4-6,9,14-16H2,(H,23,27)(H,24,25). The van der Waals surface area contributed by atoms with Gasteiger partial charge in [-0.15, -0.1) is 0 Å². The Kier molecular flexibility index (Phi) is 6.15. The first-order chi connectivity index (χ1) is 14.5. The van der Waals surface area contributed by atoms with Crippen molar-refractivity contribution in [1.29, 1.82) is 0 Å². The van der Waals surface area contributed by atoms with Gasteiger partial charge in [0.05, 0.1) is 15.9 Å². The van der Waals surface area contributed by atoms with Crippen LogP contribution >= 0.6 is 0 Å². The quantitative estimate of drug-likeness (QED) is 0.568. The van der Waals surface area contributed by atoms with Crippen LogP contribution in [-0.2, 0) is 16.4 Å². The number of hydrogen-bond donors (Lipinski definition) is 2. The molecule has 7 nitrogen and oxygen atoms in total. The third kappa shape index (κ3) is 4.55. The van der Waals surface area contributed by atoms with E-state index in [-0.39, 0.29) is 10.8 Å². The van der Waals surface area contributed by atoms with Gasteiger partial charge in [-0.05, 0) is 55.7 Å². The molecule has 1 aliphatic rings. The van der Waals surface area contributed by atoms with Crippen LogP contribution < -0.4 is 5.32 Å². The van der Waals surface area contributed by atoms with Crippen LogP contribution in [-0.4, -0.2) is 48.2 Å². The van der Waals surface area contributed by atoms with Crippen LogP contribution in [0.25, 0.3) is 11.0 Å². The van der Waals surface area contributed by atoms with Gasteiger partial charge in [-0.2, -0.15) is 4.31 Å². The summed E-state index contributed by atoms with van der Waals surface area (Å²) >= 11 is 0. The van der Waals surface area contributed by atoms with Crippen molar-refractivity contribution in [3.05, 3.63) is 59.9 Å². The predicted octanol–water partition coefficient (Wildman–Crippen LogP) is 3.10. The minimum Gasteiger partial charge on any atom is -0.352 e. The maximum absolute atomic E-state index is 12.7. The number of nitrogens with zero attached hydrogens (tertiary/aromatic N) is 2. The zero-order valence-electron chi connectivity index (χ0n) is 16.8. The lowest BCUT2D eigenvalue weighted by Crippen LogP contribution is -2.35. The number of imidazole rings is 1. The van der Waals surface area contributed by atoms with Crippen molar-refractivity contribution in [2.24, 2.45) is 0 Å². The van der Waals surface area contributed by atoms with Crippen molar-refractivity contribution >= 4 is 27.0 Å². The summed E-state index contributed by atoms with van der Waals surface area (Å²) in [6.07, 6.45) is 4.36. The van der Waals surface area contributed by atoms with Crippen molar-refractivity contribution in [3.8, 4) is 0 Å². The van der Waals surface area contributed by atoms with Crippen LogP contribution in [0, 0.1) is 0 Å². The summed E-state index contributed by atoms with van der Waals surface area (Å²) < 4.78 is 26.9. The number of piperidine rings is 1. The molecule has 3 aromatic rings. The van der Waals surface area contributed by atoms with Gasteiger partial charge >= 0.3 is 0 Å². The van der Waals surface area contributed by atoms with E-state index in [1.165, 1.54) is 16.4 Å². The molecule has 0 saturated carbocycles. The molecule has 0 spiro atoms. The minimum absolute atomic E-state index is 0.207. The molecule has 8 heteroatoms. The Morgan fingerprint density at radius 1 is 1.03 bits per heavy atom. The largest absolute Gasteiger partial charge is 0.352 e. The molecule has 0 aliphatic carbocycles. The second-order valence-electron chi connectivity index (χ2n) is 7.55. The van der Waals surface area contributed by atoms with Gasteiger partial charge in [0.15, 0.2) is 0 Å². The van der Waals surface area contributed by atoms with E-state index in [2.05, 4.69) is 15.3 Å². The zero-order valence-corrected chi connectivity index (χ0v) is 17.6. The molecule has 158 valence electrons. The Morgan fingerprint density at radius 3 is 2.50 bits per heavy atom. The second kappa shape index (κ2) is 8.97. The van der Waals surface area contributed by atoms with Gasteiger partial charge < -0.3 is 10.3 Å². The summed E-state index contributed by atoms with van der Waals surface area (Å²) in [6, 6.07) is 14.1. The van der Waals surface area contributed by atoms with Crippen molar-refractivity contribution in [3.63, 3.8) is 0 Å². The second-order valence-corrected chi connectivity index (χ2v) is 9.49. The summed E-state index contributed by atoms with van der Waals surface area (Å²) in [4.78, 5) is 20.4. The molecular weight excluding hydrogens is 400 g/mol. The summed E-state index contributed by atoms with van der Waals surface area (Å²) in [5.41, 5.74) is 2.41. The normalized spacial score (nSPS) is 15.3. The fraction of sp³-hybridized carbons (Fsp3) is 0.364. The number of hydrogen-bond acceptors (Lipinski definition) is 4. The third-order valence-electron chi connectivity index (χ3n) is 5.38. The van der Waals surface area contributed by atoms with Gasteiger partial charge in [0.2, 0.25) is 10.0 Å². The molecule has 1 saturated heterocycles. The fourth-order valence-electron chi connectivity index (χ4n) is 3.72. The van der Waals surface area contributed by atoms with E-state index in [1.54, 1.807) is 12.1 Å². The molecule has 2 N–H and O–H groups in total. The van der Waals surface area contributed by atoms with Gasteiger partial charge in [-0.1, -0.05) is 18.6 Å². The van der Waals surface area contributed by atoms with Crippen LogP contribution in [0.2, 0.25) is 0 Å². The lowest BCUT2D eigenvalue weighted by atomic mass is 10.2. The van der Waals surface area contributed by atoms with Gasteiger partial charge in [0.1, 0.15) is 5.82 Å². The number of benzene rings is 2. The number of carbonyl (C=O) groups is 1. The zero-order chi connectivity index (χ0) is 21.0. The third-order valence-corrected chi connectivity index (χ3v) is 7.30. The number of nitrogens with one attached hydrogen (secondary N) is 2. The van der Waals surface area contributed by atoms with Crippen LogP contribution in [0.3, 0.4) is 0 Å². The van der Waals surface area contributed by atoms with Crippen LogP contribution in [0.15, 0.2) is 53.4 Å². The number of aromatic nitrogens is 2. The molecule has 1 aliphatic heterocycles. The van der Waals surface area contributed by atoms with E-state index in [0.29, 0.717) is 25.2 Å². The number of H-pyrrole nitrogens is 1. The Bertz CT molecular complexity index is 1080. The summed E-state index contributed by atoms with van der Waals surface area (Å²) in [5, 5.41) is 2.88. The van der Waals surface area contributed by atoms with Crippen molar-refractivity contribution < 1.29 is 13.2 Å². The van der Waals surface area contributed by atoms with E-state index in [9.17, 15) is 13.2 Å². The highest BCUT2D eigenvalue weighted by Gasteiger charge is 2.25. The lowest BCUT2D eigenvalue weighted by molar-refractivity contribution is 0.0953. The molecule has 1 fully saturated rings. The molecule has 2 aromatic carbocycles. The smallest absolute Gasteiger partial charge is 0.251 e.